The molecule has 2 aromatic rings. The largest absolute Gasteiger partial charge is 0.383 e. The second kappa shape index (κ2) is 6.86. The predicted octanol–water partition coefficient (Wildman–Crippen LogP) is 0.615. The van der Waals surface area contributed by atoms with Crippen LogP contribution in [0.4, 0.5) is 5.69 Å². The number of nitrogens with one attached hydrogen (secondary N) is 1. The minimum absolute atomic E-state index is 0.0429. The number of nitrogens with zero attached hydrogens (tertiary/aromatic N) is 5. The molecule has 0 spiro atoms. The van der Waals surface area contributed by atoms with Crippen LogP contribution in [0.15, 0.2) is 18.2 Å². The van der Waals surface area contributed by atoms with Gasteiger partial charge in [-0.2, -0.15) is 4.68 Å². The molecule has 0 amide bonds. The Hall–Kier alpha value is -2.39. The number of methoxy groups -OCH3 is 1. The van der Waals surface area contributed by atoms with Gasteiger partial charge in [0, 0.05) is 19.7 Å². The van der Waals surface area contributed by atoms with Crippen molar-refractivity contribution in [3.63, 3.8) is 0 Å². The van der Waals surface area contributed by atoms with Gasteiger partial charge >= 0.3 is 0 Å². The molecular weight excluding hydrogens is 276 g/mol. The third kappa shape index (κ3) is 3.38. The quantitative estimate of drug-likeness (QED) is 0.452. The summed E-state index contributed by atoms with van der Waals surface area (Å²) in [7, 11) is 1.62. The van der Waals surface area contributed by atoms with Crippen LogP contribution in [0, 0.1) is 17.0 Å². The van der Waals surface area contributed by atoms with E-state index >= 15 is 0 Å². The average molecular weight is 292 g/mol. The van der Waals surface area contributed by atoms with Crippen LogP contribution in [-0.4, -0.2) is 45.4 Å². The third-order valence-electron chi connectivity index (χ3n) is 3.00. The van der Waals surface area contributed by atoms with E-state index < -0.39 is 4.92 Å². The molecule has 0 bridgehead atoms. The van der Waals surface area contributed by atoms with Gasteiger partial charge in [-0.15, -0.1) is 5.10 Å². The van der Waals surface area contributed by atoms with Crippen LogP contribution in [0.2, 0.25) is 0 Å². The fraction of sp³-hybridized carbons (Fsp3) is 0.417. The molecule has 9 nitrogen and oxygen atoms in total. The van der Waals surface area contributed by atoms with Crippen LogP contribution in [0.1, 0.15) is 11.4 Å². The molecule has 1 N–H and O–H groups in total. The standard InChI is InChI=1S/C12H16N6O3/c1-9-10(4-3-5-11(9)18(19)20)17-12(14-15-16-17)8-13-6-7-21-2/h3-5,13H,6-8H2,1-2H3. The second-order valence-corrected chi connectivity index (χ2v) is 4.35. The molecule has 21 heavy (non-hydrogen) atoms. The molecule has 0 aliphatic carbocycles. The Morgan fingerprint density at radius 1 is 1.48 bits per heavy atom. The van der Waals surface area contributed by atoms with Crippen molar-refractivity contribution in [2.45, 2.75) is 13.5 Å². The third-order valence-corrected chi connectivity index (χ3v) is 3.00. The summed E-state index contributed by atoms with van der Waals surface area (Å²) in [5, 5.41) is 25.6. The molecule has 0 atom stereocenters. The van der Waals surface area contributed by atoms with Crippen molar-refractivity contribution in [2.24, 2.45) is 0 Å². The Bertz CT molecular complexity index is 627. The van der Waals surface area contributed by atoms with Gasteiger partial charge in [-0.1, -0.05) is 6.07 Å². The van der Waals surface area contributed by atoms with E-state index in [-0.39, 0.29) is 5.69 Å². The number of hydrogen-bond donors (Lipinski definition) is 1. The van der Waals surface area contributed by atoms with Gasteiger partial charge in [0.2, 0.25) is 0 Å². The Kier molecular flexibility index (Phi) is 4.90. The van der Waals surface area contributed by atoms with E-state index in [1.165, 1.54) is 10.7 Å². The molecule has 0 unspecified atom stereocenters. The van der Waals surface area contributed by atoms with Crippen molar-refractivity contribution in [2.75, 3.05) is 20.3 Å². The number of tetrazole rings is 1. The maximum absolute atomic E-state index is 11.0. The van der Waals surface area contributed by atoms with Crippen LogP contribution in [-0.2, 0) is 11.3 Å². The first-order valence-electron chi connectivity index (χ1n) is 6.36. The van der Waals surface area contributed by atoms with Crippen LogP contribution in [0.25, 0.3) is 5.69 Å². The lowest BCUT2D eigenvalue weighted by Gasteiger charge is -2.08. The minimum atomic E-state index is -0.417. The number of hydrogen-bond acceptors (Lipinski definition) is 7. The van der Waals surface area contributed by atoms with Crippen LogP contribution in [0.5, 0.6) is 0 Å². The summed E-state index contributed by atoms with van der Waals surface area (Å²) >= 11 is 0. The first-order chi connectivity index (χ1) is 10.1. The lowest BCUT2D eigenvalue weighted by Crippen LogP contribution is -2.21. The van der Waals surface area contributed by atoms with Crippen LogP contribution < -0.4 is 5.32 Å². The Labute approximate surface area is 121 Å². The van der Waals surface area contributed by atoms with Crippen LogP contribution in [0.3, 0.4) is 0 Å². The lowest BCUT2D eigenvalue weighted by molar-refractivity contribution is -0.385. The van der Waals surface area contributed by atoms with E-state index in [4.69, 9.17) is 4.74 Å². The van der Waals surface area contributed by atoms with Gasteiger partial charge in [0.25, 0.3) is 5.69 Å². The van der Waals surface area contributed by atoms with E-state index in [9.17, 15) is 10.1 Å². The van der Waals surface area contributed by atoms with Gasteiger partial charge in [-0.05, 0) is 23.4 Å². The molecule has 112 valence electrons. The number of ether oxygens (including phenoxy) is 1. The number of aromatic nitrogens is 4. The monoisotopic (exact) mass is 292 g/mol. The van der Waals surface area contributed by atoms with Crippen molar-refractivity contribution >= 4 is 5.69 Å². The summed E-state index contributed by atoms with van der Waals surface area (Å²) < 4.78 is 6.44. The van der Waals surface area contributed by atoms with Gasteiger partial charge in [0.05, 0.1) is 29.3 Å². The topological polar surface area (TPSA) is 108 Å². The maximum Gasteiger partial charge on any atom is 0.274 e. The smallest absolute Gasteiger partial charge is 0.274 e. The molecular formula is C12H16N6O3. The predicted molar refractivity (Wildman–Crippen MR) is 74.1 cm³/mol. The first-order valence-corrected chi connectivity index (χ1v) is 6.36. The summed E-state index contributed by atoms with van der Waals surface area (Å²) in [6.45, 7) is 3.37. The summed E-state index contributed by atoms with van der Waals surface area (Å²) in [4.78, 5) is 10.6. The minimum Gasteiger partial charge on any atom is -0.383 e. The molecule has 0 aliphatic rings. The van der Waals surface area contributed by atoms with Crippen LogP contribution >= 0.6 is 0 Å². The molecule has 1 aromatic carbocycles. The number of rotatable bonds is 7. The number of nitro groups is 1. The van der Waals surface area contributed by atoms with Gasteiger partial charge < -0.3 is 10.1 Å². The first kappa shape index (κ1) is 15.0. The normalized spacial score (nSPS) is 10.8. The van der Waals surface area contributed by atoms with Gasteiger partial charge in [-0.3, -0.25) is 10.1 Å². The maximum atomic E-state index is 11.0. The fourth-order valence-electron chi connectivity index (χ4n) is 1.92. The number of nitro benzene ring substituents is 1. The highest BCUT2D eigenvalue weighted by Gasteiger charge is 2.17. The SMILES string of the molecule is COCCNCc1nnnn1-c1cccc([N+](=O)[O-])c1C. The van der Waals surface area contributed by atoms with E-state index in [0.29, 0.717) is 36.8 Å². The molecule has 0 saturated heterocycles. The number of benzene rings is 1. The van der Waals surface area contributed by atoms with E-state index in [0.717, 1.165) is 0 Å². The summed E-state index contributed by atoms with van der Waals surface area (Å²) in [6, 6.07) is 4.82. The van der Waals surface area contributed by atoms with E-state index in [2.05, 4.69) is 20.8 Å². The van der Waals surface area contributed by atoms with Gasteiger partial charge in [-0.25, -0.2) is 0 Å². The summed E-state index contributed by atoms with van der Waals surface area (Å²) in [5.74, 6) is 0.578. The molecule has 0 saturated carbocycles. The molecule has 1 heterocycles. The van der Waals surface area contributed by atoms with E-state index in [1.807, 2.05) is 0 Å². The van der Waals surface area contributed by atoms with Crippen molar-refractivity contribution in [1.82, 2.24) is 25.5 Å². The Morgan fingerprint density at radius 3 is 3.00 bits per heavy atom. The van der Waals surface area contributed by atoms with Gasteiger partial charge in [0.15, 0.2) is 5.82 Å². The average Bonchev–Trinajstić information content (AvgIpc) is 2.92. The van der Waals surface area contributed by atoms with Gasteiger partial charge in [0.1, 0.15) is 0 Å². The van der Waals surface area contributed by atoms with E-state index in [1.54, 1.807) is 26.2 Å². The second-order valence-electron chi connectivity index (χ2n) is 4.35. The van der Waals surface area contributed by atoms with Crippen molar-refractivity contribution in [1.29, 1.82) is 0 Å². The summed E-state index contributed by atoms with van der Waals surface area (Å²) in [6.07, 6.45) is 0. The van der Waals surface area contributed by atoms with Crippen molar-refractivity contribution in [3.05, 3.63) is 39.7 Å². The highest BCUT2D eigenvalue weighted by molar-refractivity contribution is 5.52. The zero-order valence-corrected chi connectivity index (χ0v) is 11.8. The summed E-state index contributed by atoms with van der Waals surface area (Å²) in [5.41, 5.74) is 1.16. The molecule has 0 aliphatic heterocycles. The molecule has 2 rings (SSSR count). The van der Waals surface area contributed by atoms with Crippen molar-refractivity contribution in [3.8, 4) is 5.69 Å². The molecule has 1 aromatic heterocycles. The lowest BCUT2D eigenvalue weighted by atomic mass is 10.1. The Morgan fingerprint density at radius 2 is 2.29 bits per heavy atom. The Balaban J connectivity index is 2.25. The molecule has 0 fully saturated rings. The fourth-order valence-corrected chi connectivity index (χ4v) is 1.92. The highest BCUT2D eigenvalue weighted by Crippen LogP contribution is 2.23. The highest BCUT2D eigenvalue weighted by atomic mass is 16.6. The van der Waals surface area contributed by atoms with Crippen molar-refractivity contribution < 1.29 is 9.66 Å². The molecule has 0 radical (unpaired) electrons. The molecule has 9 heteroatoms. The zero-order chi connectivity index (χ0) is 15.2. The zero-order valence-electron chi connectivity index (χ0n) is 11.8.